The number of hydrogen-bond donors (Lipinski definition) is 1. The highest BCUT2D eigenvalue weighted by Gasteiger charge is 2.25. The van der Waals surface area contributed by atoms with Gasteiger partial charge in [0.25, 0.3) is 5.56 Å². The summed E-state index contributed by atoms with van der Waals surface area (Å²) in [6.45, 7) is 0. The molecule has 1 aliphatic carbocycles. The van der Waals surface area contributed by atoms with Gasteiger partial charge in [-0.3, -0.25) is 4.79 Å². The maximum absolute atomic E-state index is 11.7. The fourth-order valence-corrected chi connectivity index (χ4v) is 2.47. The summed E-state index contributed by atoms with van der Waals surface area (Å²) in [5.41, 5.74) is 1.73. The lowest BCUT2D eigenvalue weighted by molar-refractivity contribution is 0.976. The van der Waals surface area contributed by atoms with Crippen LogP contribution in [0.1, 0.15) is 24.5 Å². The average molecular weight is 370 g/mol. The number of benzene rings is 1. The minimum Gasteiger partial charge on any atom is -0.307 e. The van der Waals surface area contributed by atoms with Gasteiger partial charge in [-0.05, 0) is 56.8 Å². The largest absolute Gasteiger partial charge is 0.307 e. The zero-order chi connectivity index (χ0) is 12.7. The summed E-state index contributed by atoms with van der Waals surface area (Å²) in [6.07, 6.45) is 2.28. The first-order valence-corrected chi connectivity index (χ1v) is 7.29. The van der Waals surface area contributed by atoms with Crippen LogP contribution in [-0.4, -0.2) is 9.97 Å². The summed E-state index contributed by atoms with van der Waals surface area (Å²) in [5.74, 6) is 1.11. The molecule has 1 heterocycles. The van der Waals surface area contributed by atoms with Crippen molar-refractivity contribution in [3.05, 3.63) is 49.3 Å². The lowest BCUT2D eigenvalue weighted by Crippen LogP contribution is -2.09. The highest BCUT2D eigenvalue weighted by molar-refractivity contribution is 9.13. The molecule has 5 heteroatoms. The molecule has 1 aliphatic rings. The molecule has 0 radical (unpaired) electrons. The predicted molar refractivity (Wildman–Crippen MR) is 77.7 cm³/mol. The number of H-pyrrole nitrogens is 1. The van der Waals surface area contributed by atoms with Crippen molar-refractivity contribution in [3.63, 3.8) is 0 Å². The molecule has 1 aromatic carbocycles. The van der Waals surface area contributed by atoms with E-state index in [4.69, 9.17) is 0 Å². The van der Waals surface area contributed by atoms with Gasteiger partial charge >= 0.3 is 0 Å². The fourth-order valence-electron chi connectivity index (χ4n) is 1.84. The third-order valence-corrected chi connectivity index (χ3v) is 4.83. The van der Waals surface area contributed by atoms with Crippen molar-refractivity contribution >= 4 is 31.9 Å². The highest BCUT2D eigenvalue weighted by Crippen LogP contribution is 2.39. The molecule has 0 spiro atoms. The Morgan fingerprint density at radius 1 is 1.17 bits per heavy atom. The molecule has 3 nitrogen and oxygen atoms in total. The minimum atomic E-state index is -0.0825. The standard InChI is InChI=1S/C13H10Br2N2O/c14-9-4-3-8(5-10(9)15)13-16-11(7-1-2-7)6-12(18)17-13/h3-7H,1-2H2,(H,16,17,18). The predicted octanol–water partition coefficient (Wildman–Crippen LogP) is 3.84. The van der Waals surface area contributed by atoms with Gasteiger partial charge < -0.3 is 4.98 Å². The van der Waals surface area contributed by atoms with Crippen LogP contribution in [0.3, 0.4) is 0 Å². The summed E-state index contributed by atoms with van der Waals surface area (Å²) < 4.78 is 1.92. The zero-order valence-electron chi connectivity index (χ0n) is 9.41. The van der Waals surface area contributed by atoms with E-state index in [0.29, 0.717) is 11.7 Å². The van der Waals surface area contributed by atoms with Crippen LogP contribution < -0.4 is 5.56 Å². The SMILES string of the molecule is O=c1cc(C2CC2)nc(-c2ccc(Br)c(Br)c2)[nH]1. The van der Waals surface area contributed by atoms with E-state index in [2.05, 4.69) is 41.8 Å². The van der Waals surface area contributed by atoms with Crippen LogP contribution >= 0.6 is 31.9 Å². The Labute approximate surface area is 121 Å². The number of halogens is 2. The Bertz CT molecular complexity index is 662. The second kappa shape index (κ2) is 4.63. The maximum atomic E-state index is 11.7. The summed E-state index contributed by atoms with van der Waals surface area (Å²) in [6, 6.07) is 7.42. The Morgan fingerprint density at radius 3 is 2.61 bits per heavy atom. The number of nitrogens with zero attached hydrogens (tertiary/aromatic N) is 1. The van der Waals surface area contributed by atoms with Crippen LogP contribution in [-0.2, 0) is 0 Å². The topological polar surface area (TPSA) is 45.8 Å². The molecule has 0 amide bonds. The summed E-state index contributed by atoms with van der Waals surface area (Å²) >= 11 is 6.88. The summed E-state index contributed by atoms with van der Waals surface area (Å²) in [5, 5.41) is 0. The molecule has 18 heavy (non-hydrogen) atoms. The molecule has 1 fully saturated rings. The van der Waals surface area contributed by atoms with Crippen LogP contribution in [0.25, 0.3) is 11.4 Å². The third kappa shape index (κ3) is 2.42. The lowest BCUT2D eigenvalue weighted by Gasteiger charge is -2.05. The fraction of sp³-hybridized carbons (Fsp3) is 0.231. The number of hydrogen-bond acceptors (Lipinski definition) is 2. The van der Waals surface area contributed by atoms with Crippen LogP contribution in [0.2, 0.25) is 0 Å². The molecule has 0 aliphatic heterocycles. The Hall–Kier alpha value is -0.940. The first kappa shape index (κ1) is 12.1. The first-order chi connectivity index (χ1) is 8.63. The third-order valence-electron chi connectivity index (χ3n) is 2.95. The van der Waals surface area contributed by atoms with Gasteiger partial charge in [-0.25, -0.2) is 4.98 Å². The van der Waals surface area contributed by atoms with Gasteiger partial charge in [0.15, 0.2) is 0 Å². The molecule has 1 saturated carbocycles. The monoisotopic (exact) mass is 368 g/mol. The molecule has 1 aromatic heterocycles. The second-order valence-electron chi connectivity index (χ2n) is 4.42. The van der Waals surface area contributed by atoms with Gasteiger partial charge in [-0.15, -0.1) is 0 Å². The van der Waals surface area contributed by atoms with Gasteiger partial charge in [0, 0.05) is 26.5 Å². The van der Waals surface area contributed by atoms with E-state index in [1.165, 1.54) is 0 Å². The molecule has 0 atom stereocenters. The van der Waals surface area contributed by atoms with Gasteiger partial charge in [-0.2, -0.15) is 0 Å². The van der Waals surface area contributed by atoms with E-state index < -0.39 is 0 Å². The molecule has 92 valence electrons. The molecule has 3 rings (SSSR count). The lowest BCUT2D eigenvalue weighted by atomic mass is 10.2. The normalized spacial score (nSPS) is 14.8. The molecular formula is C13H10Br2N2O. The van der Waals surface area contributed by atoms with Crippen molar-refractivity contribution in [1.29, 1.82) is 0 Å². The van der Waals surface area contributed by atoms with Gasteiger partial charge in [0.1, 0.15) is 5.82 Å². The molecule has 0 unspecified atom stereocenters. The van der Waals surface area contributed by atoms with Crippen LogP contribution in [0, 0.1) is 0 Å². The maximum Gasteiger partial charge on any atom is 0.251 e. The summed E-state index contributed by atoms with van der Waals surface area (Å²) in [4.78, 5) is 19.0. The van der Waals surface area contributed by atoms with Crippen molar-refractivity contribution in [2.45, 2.75) is 18.8 Å². The zero-order valence-corrected chi connectivity index (χ0v) is 12.6. The smallest absolute Gasteiger partial charge is 0.251 e. The quantitative estimate of drug-likeness (QED) is 0.874. The van der Waals surface area contributed by atoms with E-state index in [1.54, 1.807) is 6.07 Å². The van der Waals surface area contributed by atoms with Crippen molar-refractivity contribution in [3.8, 4) is 11.4 Å². The van der Waals surface area contributed by atoms with E-state index in [1.807, 2.05) is 18.2 Å². The van der Waals surface area contributed by atoms with Crippen LogP contribution in [0.15, 0.2) is 38.0 Å². The molecule has 0 saturated heterocycles. The van der Waals surface area contributed by atoms with Crippen molar-refractivity contribution < 1.29 is 0 Å². The average Bonchev–Trinajstić information content (AvgIpc) is 3.16. The van der Waals surface area contributed by atoms with E-state index in [-0.39, 0.29) is 5.56 Å². The van der Waals surface area contributed by atoms with Crippen LogP contribution in [0.5, 0.6) is 0 Å². The Balaban J connectivity index is 2.09. The van der Waals surface area contributed by atoms with E-state index in [9.17, 15) is 4.79 Å². The van der Waals surface area contributed by atoms with Crippen LogP contribution in [0.4, 0.5) is 0 Å². The molecule has 1 N–H and O–H groups in total. The van der Waals surface area contributed by atoms with E-state index >= 15 is 0 Å². The van der Waals surface area contributed by atoms with Gasteiger partial charge in [0.05, 0.1) is 5.69 Å². The number of aromatic amines is 1. The number of aromatic nitrogens is 2. The van der Waals surface area contributed by atoms with Gasteiger partial charge in [-0.1, -0.05) is 6.07 Å². The van der Waals surface area contributed by atoms with Crippen molar-refractivity contribution in [2.24, 2.45) is 0 Å². The Morgan fingerprint density at radius 2 is 1.94 bits per heavy atom. The summed E-state index contributed by atoms with van der Waals surface area (Å²) in [7, 11) is 0. The highest BCUT2D eigenvalue weighted by atomic mass is 79.9. The molecule has 0 bridgehead atoms. The number of rotatable bonds is 2. The van der Waals surface area contributed by atoms with Gasteiger partial charge in [0.2, 0.25) is 0 Å². The second-order valence-corrected chi connectivity index (χ2v) is 6.13. The minimum absolute atomic E-state index is 0.0825. The number of nitrogens with one attached hydrogen (secondary N) is 1. The van der Waals surface area contributed by atoms with E-state index in [0.717, 1.165) is 33.0 Å². The molecular weight excluding hydrogens is 360 g/mol. The van der Waals surface area contributed by atoms with Crippen molar-refractivity contribution in [1.82, 2.24) is 9.97 Å². The van der Waals surface area contributed by atoms with Crippen molar-refractivity contribution in [2.75, 3.05) is 0 Å². The Kier molecular flexibility index (Phi) is 3.11. The first-order valence-electron chi connectivity index (χ1n) is 5.70. The molecule has 2 aromatic rings.